The van der Waals surface area contributed by atoms with E-state index in [1.54, 1.807) is 6.07 Å². The number of pyridine rings is 1. The fourth-order valence-electron chi connectivity index (χ4n) is 2.74. The molecule has 0 bridgehead atoms. The average Bonchev–Trinajstić information content (AvgIpc) is 2.53. The fraction of sp³-hybridized carbons (Fsp3) is 0.238. The van der Waals surface area contributed by atoms with Gasteiger partial charge in [0.1, 0.15) is 0 Å². The Kier molecular flexibility index (Phi) is 3.88. The van der Waals surface area contributed by atoms with Crippen LogP contribution in [0.1, 0.15) is 42.3 Å². The average molecular weight is 319 g/mol. The van der Waals surface area contributed by atoms with E-state index in [0.717, 1.165) is 16.7 Å². The van der Waals surface area contributed by atoms with Crippen LogP contribution in [0.2, 0.25) is 0 Å². The van der Waals surface area contributed by atoms with E-state index in [-0.39, 0.29) is 5.41 Å². The van der Waals surface area contributed by atoms with Crippen LogP contribution >= 0.6 is 0 Å². The lowest BCUT2D eigenvalue weighted by Gasteiger charge is -2.20. The highest BCUT2D eigenvalue weighted by Gasteiger charge is 2.18. The normalized spacial score (nSPS) is 11.7. The zero-order chi connectivity index (χ0) is 17.5. The molecule has 3 rings (SSSR count). The van der Waals surface area contributed by atoms with Crippen LogP contribution in [0.3, 0.4) is 0 Å². The maximum Gasteiger partial charge on any atom is 0.336 e. The topological polar surface area (TPSA) is 50.2 Å². The second kappa shape index (κ2) is 5.75. The number of aromatic carboxylic acids is 1. The highest BCUT2D eigenvalue weighted by Crippen LogP contribution is 2.30. The van der Waals surface area contributed by atoms with Crippen molar-refractivity contribution in [2.24, 2.45) is 0 Å². The van der Waals surface area contributed by atoms with Gasteiger partial charge in [0.05, 0.1) is 16.8 Å². The van der Waals surface area contributed by atoms with Gasteiger partial charge in [0.15, 0.2) is 0 Å². The van der Waals surface area contributed by atoms with Gasteiger partial charge in [0.25, 0.3) is 0 Å². The highest BCUT2D eigenvalue weighted by molar-refractivity contribution is 6.04. The minimum Gasteiger partial charge on any atom is -0.478 e. The molecule has 3 nitrogen and oxygen atoms in total. The summed E-state index contributed by atoms with van der Waals surface area (Å²) in [7, 11) is 0. The zero-order valence-electron chi connectivity index (χ0n) is 14.4. The van der Waals surface area contributed by atoms with Gasteiger partial charge in [0.2, 0.25) is 0 Å². The molecule has 0 aliphatic rings. The van der Waals surface area contributed by atoms with Crippen LogP contribution in [0.5, 0.6) is 0 Å². The van der Waals surface area contributed by atoms with Gasteiger partial charge in [-0.2, -0.15) is 0 Å². The number of nitrogens with zero attached hydrogens (tertiary/aromatic N) is 1. The molecule has 1 aromatic heterocycles. The summed E-state index contributed by atoms with van der Waals surface area (Å²) in [6.45, 7) is 8.36. The van der Waals surface area contributed by atoms with E-state index in [1.807, 2.05) is 49.4 Å². The lowest BCUT2D eigenvalue weighted by molar-refractivity contribution is 0.0699. The van der Waals surface area contributed by atoms with Gasteiger partial charge in [-0.1, -0.05) is 56.7 Å². The molecule has 2 aromatic carbocycles. The van der Waals surface area contributed by atoms with E-state index >= 15 is 0 Å². The SMILES string of the molecule is Cc1ccc(-c2cc(C(=O)O)c3cc(C(C)(C)C)ccc3n2)cc1. The van der Waals surface area contributed by atoms with Crippen molar-refractivity contribution in [3.05, 3.63) is 65.2 Å². The molecule has 0 spiro atoms. The monoisotopic (exact) mass is 319 g/mol. The van der Waals surface area contributed by atoms with Crippen LogP contribution in [0.25, 0.3) is 22.2 Å². The Labute approximate surface area is 142 Å². The van der Waals surface area contributed by atoms with E-state index in [2.05, 4.69) is 25.8 Å². The maximum atomic E-state index is 11.8. The molecule has 0 fully saturated rings. The van der Waals surface area contributed by atoms with E-state index in [0.29, 0.717) is 22.2 Å². The van der Waals surface area contributed by atoms with Gasteiger partial charge in [-0.25, -0.2) is 9.78 Å². The van der Waals surface area contributed by atoms with Gasteiger partial charge >= 0.3 is 5.97 Å². The molecule has 0 unspecified atom stereocenters. The largest absolute Gasteiger partial charge is 0.478 e. The minimum absolute atomic E-state index is 0.0421. The lowest BCUT2D eigenvalue weighted by atomic mass is 9.86. The summed E-state index contributed by atoms with van der Waals surface area (Å²) in [4.78, 5) is 16.5. The lowest BCUT2D eigenvalue weighted by Crippen LogP contribution is -2.11. The first-order valence-electron chi connectivity index (χ1n) is 8.01. The molecular formula is C21H21NO2. The van der Waals surface area contributed by atoms with Crippen molar-refractivity contribution in [1.82, 2.24) is 4.98 Å². The summed E-state index contributed by atoms with van der Waals surface area (Å²) in [6, 6.07) is 15.5. The van der Waals surface area contributed by atoms with Gasteiger partial charge in [0, 0.05) is 10.9 Å². The molecule has 122 valence electrons. The standard InChI is InChI=1S/C21H21NO2/c1-13-5-7-14(8-6-13)19-12-17(20(23)24)16-11-15(21(2,3)4)9-10-18(16)22-19/h5-12H,1-4H3,(H,23,24). The smallest absolute Gasteiger partial charge is 0.336 e. The second-order valence-electron chi connectivity index (χ2n) is 7.21. The number of aromatic nitrogens is 1. The molecule has 0 aliphatic heterocycles. The summed E-state index contributed by atoms with van der Waals surface area (Å²) in [5.74, 6) is -0.929. The number of fused-ring (bicyclic) bond motifs is 1. The van der Waals surface area contributed by atoms with Crippen molar-refractivity contribution in [1.29, 1.82) is 0 Å². The number of aryl methyl sites for hydroxylation is 1. The van der Waals surface area contributed by atoms with Crippen molar-refractivity contribution in [3.8, 4) is 11.3 Å². The molecule has 0 aliphatic carbocycles. The van der Waals surface area contributed by atoms with Gasteiger partial charge in [-0.05, 0) is 36.1 Å². The third-order valence-electron chi connectivity index (χ3n) is 4.25. The maximum absolute atomic E-state index is 11.8. The quantitative estimate of drug-likeness (QED) is 0.705. The molecule has 1 N–H and O–H groups in total. The van der Waals surface area contributed by atoms with Gasteiger partial charge in [-0.3, -0.25) is 0 Å². The van der Waals surface area contributed by atoms with Crippen molar-refractivity contribution < 1.29 is 9.90 Å². The predicted molar refractivity (Wildman–Crippen MR) is 97.6 cm³/mol. The Bertz CT molecular complexity index is 919. The highest BCUT2D eigenvalue weighted by atomic mass is 16.4. The first-order chi connectivity index (χ1) is 11.3. The Balaban J connectivity index is 2.25. The summed E-state index contributed by atoms with van der Waals surface area (Å²) in [5.41, 5.74) is 4.82. The van der Waals surface area contributed by atoms with Crippen molar-refractivity contribution in [3.63, 3.8) is 0 Å². The molecular weight excluding hydrogens is 298 g/mol. The number of benzene rings is 2. The van der Waals surface area contributed by atoms with E-state index in [9.17, 15) is 9.90 Å². The van der Waals surface area contributed by atoms with Crippen LogP contribution in [-0.4, -0.2) is 16.1 Å². The third kappa shape index (κ3) is 3.02. The molecule has 24 heavy (non-hydrogen) atoms. The van der Waals surface area contributed by atoms with Crippen LogP contribution in [0.15, 0.2) is 48.5 Å². The van der Waals surface area contributed by atoms with Crippen molar-refractivity contribution in [2.45, 2.75) is 33.1 Å². The molecule has 1 heterocycles. The molecule has 0 radical (unpaired) electrons. The van der Waals surface area contributed by atoms with Crippen LogP contribution in [0, 0.1) is 6.92 Å². The second-order valence-corrected chi connectivity index (χ2v) is 7.21. The van der Waals surface area contributed by atoms with Crippen molar-refractivity contribution >= 4 is 16.9 Å². The third-order valence-corrected chi connectivity index (χ3v) is 4.25. The molecule has 0 saturated heterocycles. The Morgan fingerprint density at radius 2 is 1.67 bits per heavy atom. The first-order valence-corrected chi connectivity index (χ1v) is 8.01. The number of hydrogen-bond acceptors (Lipinski definition) is 2. The molecule has 3 heteroatoms. The van der Waals surface area contributed by atoms with E-state index < -0.39 is 5.97 Å². The van der Waals surface area contributed by atoms with Crippen LogP contribution < -0.4 is 0 Å². The molecule has 0 amide bonds. The summed E-state index contributed by atoms with van der Waals surface area (Å²) in [5, 5.41) is 10.4. The van der Waals surface area contributed by atoms with E-state index in [4.69, 9.17) is 0 Å². The first kappa shape index (κ1) is 16.2. The number of rotatable bonds is 2. The Hall–Kier alpha value is -2.68. The number of carboxylic acids is 1. The van der Waals surface area contributed by atoms with Gasteiger partial charge < -0.3 is 5.11 Å². The Morgan fingerprint density at radius 3 is 2.25 bits per heavy atom. The number of carboxylic acid groups (broad SMARTS) is 1. The molecule has 3 aromatic rings. The summed E-state index contributed by atoms with van der Waals surface area (Å²) < 4.78 is 0. The summed E-state index contributed by atoms with van der Waals surface area (Å²) >= 11 is 0. The minimum atomic E-state index is -0.929. The predicted octanol–water partition coefficient (Wildman–Crippen LogP) is 5.21. The van der Waals surface area contributed by atoms with E-state index in [1.165, 1.54) is 0 Å². The molecule has 0 atom stereocenters. The summed E-state index contributed by atoms with van der Waals surface area (Å²) in [6.07, 6.45) is 0. The van der Waals surface area contributed by atoms with Crippen LogP contribution in [-0.2, 0) is 5.41 Å². The van der Waals surface area contributed by atoms with Gasteiger partial charge in [-0.15, -0.1) is 0 Å². The Morgan fingerprint density at radius 1 is 1.00 bits per heavy atom. The molecule has 0 saturated carbocycles. The number of carbonyl (C=O) groups is 1. The number of hydrogen-bond donors (Lipinski definition) is 1. The van der Waals surface area contributed by atoms with Crippen LogP contribution in [0.4, 0.5) is 0 Å². The zero-order valence-corrected chi connectivity index (χ0v) is 14.4. The van der Waals surface area contributed by atoms with Crippen molar-refractivity contribution in [2.75, 3.05) is 0 Å². The fourth-order valence-corrected chi connectivity index (χ4v) is 2.74.